The molecular weight excluding hydrogens is 502 g/mol. The van der Waals surface area contributed by atoms with Crippen molar-refractivity contribution in [3.63, 3.8) is 0 Å². The van der Waals surface area contributed by atoms with Gasteiger partial charge < -0.3 is 10.1 Å². The van der Waals surface area contributed by atoms with Crippen LogP contribution in [-0.2, 0) is 14.3 Å². The van der Waals surface area contributed by atoms with Crippen LogP contribution in [0.2, 0.25) is 0 Å². The minimum Gasteiger partial charge on any atom is -0.462 e. The summed E-state index contributed by atoms with van der Waals surface area (Å²) in [4.78, 5) is 25.1. The summed E-state index contributed by atoms with van der Waals surface area (Å²) in [7, 11) is 0. The van der Waals surface area contributed by atoms with Crippen molar-refractivity contribution >= 4 is 27.8 Å². The molecule has 0 heterocycles. The summed E-state index contributed by atoms with van der Waals surface area (Å²) in [5, 5.41) is 3.35. The van der Waals surface area contributed by atoms with E-state index >= 15 is 0 Å². The van der Waals surface area contributed by atoms with Gasteiger partial charge in [-0.15, -0.1) is 0 Å². The molecule has 0 aromatic heterocycles. The number of hydrogen-bond donors (Lipinski definition) is 1. The Morgan fingerprint density at radius 2 is 1.80 bits per heavy atom. The zero-order chi connectivity index (χ0) is 25.0. The SMILES string of the molecule is CC(=O)O[C@H]1CC[C@@]2(C)C(=CC[C@H]3[C@@H]4CC[C@H](C(=O)N[C@@H](C)c5ccc(Br)cc5)[C@@]4(C)CC[C@@H]32)C1. The molecule has 4 aliphatic rings. The summed E-state index contributed by atoms with van der Waals surface area (Å²) in [6.07, 6.45) is 11.1. The first-order valence-corrected chi connectivity index (χ1v) is 14.3. The maximum absolute atomic E-state index is 13.6. The molecule has 5 heteroatoms. The van der Waals surface area contributed by atoms with Gasteiger partial charge in [0.25, 0.3) is 0 Å². The van der Waals surface area contributed by atoms with Gasteiger partial charge >= 0.3 is 5.97 Å². The molecule has 1 amide bonds. The molecule has 1 aromatic rings. The van der Waals surface area contributed by atoms with E-state index in [2.05, 4.69) is 60.2 Å². The number of esters is 1. The van der Waals surface area contributed by atoms with Gasteiger partial charge in [-0.2, -0.15) is 0 Å². The summed E-state index contributed by atoms with van der Waals surface area (Å²) in [5.41, 5.74) is 2.97. The normalized spacial score (nSPS) is 38.9. The summed E-state index contributed by atoms with van der Waals surface area (Å²) in [6.45, 7) is 8.50. The first-order chi connectivity index (χ1) is 16.6. The lowest BCUT2D eigenvalue weighted by Crippen LogP contribution is -2.52. The number of carbonyl (C=O) groups is 2. The van der Waals surface area contributed by atoms with Gasteiger partial charge in [-0.05, 0) is 98.1 Å². The predicted molar refractivity (Wildman–Crippen MR) is 141 cm³/mol. The first-order valence-electron chi connectivity index (χ1n) is 13.5. The van der Waals surface area contributed by atoms with Crippen LogP contribution in [0.25, 0.3) is 0 Å². The standard InChI is InChI=1S/C30H40BrNO3/c1-18(20-5-8-22(31)9-6-20)32-28(34)27-12-11-25-24-10-7-21-17-23(35-19(2)33)13-15-29(21,3)26(24)14-16-30(25,27)4/h5-9,18,23-27H,10-17H2,1-4H3,(H,32,34)/t18-,23-,24-,25-,26-,27+,29-,30-/m0/s1. The van der Waals surface area contributed by atoms with Crippen LogP contribution in [0.4, 0.5) is 0 Å². The molecular formula is C30H40BrNO3. The van der Waals surface area contributed by atoms with E-state index in [9.17, 15) is 9.59 Å². The van der Waals surface area contributed by atoms with Gasteiger partial charge in [-0.1, -0.05) is 53.6 Å². The highest BCUT2D eigenvalue weighted by atomic mass is 79.9. The summed E-state index contributed by atoms with van der Waals surface area (Å²) >= 11 is 3.50. The van der Waals surface area contributed by atoms with E-state index in [1.807, 2.05) is 12.1 Å². The molecule has 3 saturated carbocycles. The number of allylic oxidation sites excluding steroid dienone is 1. The number of amides is 1. The molecule has 0 bridgehead atoms. The Balaban J connectivity index is 1.30. The topological polar surface area (TPSA) is 55.4 Å². The van der Waals surface area contributed by atoms with Crippen LogP contribution in [0, 0.1) is 34.5 Å². The Labute approximate surface area is 218 Å². The molecule has 4 nitrogen and oxygen atoms in total. The molecule has 0 aliphatic heterocycles. The fourth-order valence-corrected chi connectivity index (χ4v) is 8.81. The quantitative estimate of drug-likeness (QED) is 0.325. The Kier molecular flexibility index (Phi) is 6.69. The van der Waals surface area contributed by atoms with Crippen LogP contribution in [0.3, 0.4) is 0 Å². The molecule has 5 rings (SSSR count). The third kappa shape index (κ3) is 4.40. The van der Waals surface area contributed by atoms with E-state index in [1.54, 1.807) is 0 Å². The monoisotopic (exact) mass is 541 g/mol. The number of rotatable bonds is 4. The Bertz CT molecular complexity index is 1020. The van der Waals surface area contributed by atoms with E-state index in [1.165, 1.54) is 18.9 Å². The van der Waals surface area contributed by atoms with Crippen molar-refractivity contribution in [2.45, 2.75) is 91.2 Å². The van der Waals surface area contributed by atoms with E-state index in [0.29, 0.717) is 17.8 Å². The molecule has 1 N–H and O–H groups in total. The molecule has 35 heavy (non-hydrogen) atoms. The first kappa shape index (κ1) is 25.0. The van der Waals surface area contributed by atoms with Gasteiger partial charge in [0.15, 0.2) is 0 Å². The second kappa shape index (κ2) is 9.36. The van der Waals surface area contributed by atoms with Crippen molar-refractivity contribution in [3.05, 3.63) is 46.0 Å². The minimum atomic E-state index is -0.161. The summed E-state index contributed by atoms with van der Waals surface area (Å²) in [5.74, 6) is 2.14. The zero-order valence-electron chi connectivity index (χ0n) is 21.6. The molecule has 0 saturated heterocycles. The highest BCUT2D eigenvalue weighted by Gasteiger charge is 2.60. The maximum Gasteiger partial charge on any atom is 0.302 e. The maximum atomic E-state index is 13.6. The fourth-order valence-electron chi connectivity index (χ4n) is 8.54. The largest absolute Gasteiger partial charge is 0.462 e. The molecule has 190 valence electrons. The van der Waals surface area contributed by atoms with Crippen LogP contribution >= 0.6 is 15.9 Å². The van der Waals surface area contributed by atoms with E-state index in [0.717, 1.165) is 55.0 Å². The van der Waals surface area contributed by atoms with Crippen LogP contribution in [0.5, 0.6) is 0 Å². The van der Waals surface area contributed by atoms with Crippen LogP contribution in [0.15, 0.2) is 40.4 Å². The summed E-state index contributed by atoms with van der Waals surface area (Å²) in [6, 6.07) is 8.26. The Morgan fingerprint density at radius 3 is 2.51 bits per heavy atom. The average Bonchev–Trinajstić information content (AvgIpc) is 3.16. The van der Waals surface area contributed by atoms with Crippen LogP contribution in [-0.4, -0.2) is 18.0 Å². The molecule has 1 aromatic carbocycles. The molecule has 3 fully saturated rings. The van der Waals surface area contributed by atoms with E-state index in [4.69, 9.17) is 4.74 Å². The number of carbonyl (C=O) groups excluding carboxylic acids is 2. The van der Waals surface area contributed by atoms with Gasteiger partial charge in [0, 0.05) is 23.7 Å². The lowest BCUT2D eigenvalue weighted by atomic mass is 9.47. The van der Waals surface area contributed by atoms with E-state index < -0.39 is 0 Å². The van der Waals surface area contributed by atoms with E-state index in [-0.39, 0.29) is 40.8 Å². The molecule has 8 atom stereocenters. The van der Waals surface area contributed by atoms with Crippen molar-refractivity contribution in [2.24, 2.45) is 34.5 Å². The van der Waals surface area contributed by atoms with Crippen LogP contribution in [0.1, 0.15) is 90.7 Å². The van der Waals surface area contributed by atoms with Crippen molar-refractivity contribution in [2.75, 3.05) is 0 Å². The molecule has 0 unspecified atom stereocenters. The third-order valence-electron chi connectivity index (χ3n) is 10.4. The highest BCUT2D eigenvalue weighted by Crippen LogP contribution is 2.66. The lowest BCUT2D eigenvalue weighted by molar-refractivity contribution is -0.149. The second-order valence-electron chi connectivity index (χ2n) is 12.2. The molecule has 0 radical (unpaired) electrons. The van der Waals surface area contributed by atoms with Crippen molar-refractivity contribution in [1.82, 2.24) is 5.32 Å². The highest BCUT2D eigenvalue weighted by molar-refractivity contribution is 9.10. The zero-order valence-corrected chi connectivity index (χ0v) is 23.2. The van der Waals surface area contributed by atoms with Crippen molar-refractivity contribution in [1.29, 1.82) is 0 Å². The van der Waals surface area contributed by atoms with Gasteiger partial charge in [0.2, 0.25) is 5.91 Å². The van der Waals surface area contributed by atoms with Crippen LogP contribution < -0.4 is 5.32 Å². The molecule has 0 spiro atoms. The lowest BCUT2D eigenvalue weighted by Gasteiger charge is -2.58. The number of hydrogen-bond acceptors (Lipinski definition) is 3. The average molecular weight is 543 g/mol. The smallest absolute Gasteiger partial charge is 0.302 e. The second-order valence-corrected chi connectivity index (χ2v) is 13.1. The number of halogens is 1. The summed E-state index contributed by atoms with van der Waals surface area (Å²) < 4.78 is 6.65. The third-order valence-corrected chi connectivity index (χ3v) is 11.0. The Hall–Kier alpha value is -1.62. The van der Waals surface area contributed by atoms with Crippen molar-refractivity contribution < 1.29 is 14.3 Å². The van der Waals surface area contributed by atoms with Gasteiger partial charge in [-0.25, -0.2) is 0 Å². The number of nitrogens with one attached hydrogen (secondary N) is 1. The fraction of sp³-hybridized carbons (Fsp3) is 0.667. The molecule has 4 aliphatic carbocycles. The van der Waals surface area contributed by atoms with Gasteiger partial charge in [-0.3, -0.25) is 9.59 Å². The van der Waals surface area contributed by atoms with Gasteiger partial charge in [0.1, 0.15) is 6.10 Å². The number of ether oxygens (including phenoxy) is 1. The van der Waals surface area contributed by atoms with Crippen molar-refractivity contribution in [3.8, 4) is 0 Å². The Morgan fingerprint density at radius 1 is 1.06 bits per heavy atom. The number of benzene rings is 1. The number of fused-ring (bicyclic) bond motifs is 5. The predicted octanol–water partition coefficient (Wildman–Crippen LogP) is 7.14. The van der Waals surface area contributed by atoms with Gasteiger partial charge in [0.05, 0.1) is 6.04 Å². The minimum absolute atomic E-state index is 0.0149.